The molecular formula is C15H19BrN2O2. The van der Waals surface area contributed by atoms with Crippen molar-refractivity contribution >= 4 is 21.8 Å². The third-order valence-electron chi connectivity index (χ3n) is 4.28. The molecule has 108 valence electrons. The van der Waals surface area contributed by atoms with Gasteiger partial charge in [-0.1, -0.05) is 15.9 Å². The molecule has 5 heteroatoms. The summed E-state index contributed by atoms with van der Waals surface area (Å²) < 4.78 is 6.25. The highest BCUT2D eigenvalue weighted by Crippen LogP contribution is 2.29. The quantitative estimate of drug-likeness (QED) is 0.899. The Morgan fingerprint density at radius 2 is 2.30 bits per heavy atom. The van der Waals surface area contributed by atoms with Gasteiger partial charge in [0, 0.05) is 23.6 Å². The van der Waals surface area contributed by atoms with Crippen LogP contribution < -0.4 is 10.1 Å². The third-order valence-corrected chi connectivity index (χ3v) is 4.77. The molecule has 0 spiro atoms. The number of benzene rings is 1. The van der Waals surface area contributed by atoms with E-state index in [2.05, 4.69) is 21.2 Å². The number of hydrogen-bond acceptors (Lipinski definition) is 3. The van der Waals surface area contributed by atoms with Gasteiger partial charge in [-0.15, -0.1) is 0 Å². The van der Waals surface area contributed by atoms with E-state index in [4.69, 9.17) is 4.74 Å². The molecule has 0 bridgehead atoms. The van der Waals surface area contributed by atoms with Crippen molar-refractivity contribution in [2.45, 2.75) is 18.9 Å². The monoisotopic (exact) mass is 338 g/mol. The number of nitrogens with zero attached hydrogens (tertiary/aromatic N) is 1. The molecule has 2 fully saturated rings. The van der Waals surface area contributed by atoms with Crippen LogP contribution in [-0.2, 0) is 0 Å². The maximum absolute atomic E-state index is 12.7. The van der Waals surface area contributed by atoms with Gasteiger partial charge in [-0.2, -0.15) is 0 Å². The number of nitrogens with one attached hydrogen (secondary N) is 1. The molecule has 0 aliphatic carbocycles. The van der Waals surface area contributed by atoms with Gasteiger partial charge >= 0.3 is 0 Å². The molecule has 2 aliphatic rings. The number of amides is 1. The fourth-order valence-electron chi connectivity index (χ4n) is 3.22. The number of ether oxygens (including phenoxy) is 1. The zero-order valence-corrected chi connectivity index (χ0v) is 13.1. The second-order valence-corrected chi connectivity index (χ2v) is 6.43. The summed E-state index contributed by atoms with van der Waals surface area (Å²) in [4.78, 5) is 14.6. The van der Waals surface area contributed by atoms with E-state index >= 15 is 0 Å². The fraction of sp³-hybridized carbons (Fsp3) is 0.533. The Hall–Kier alpha value is -1.07. The summed E-state index contributed by atoms with van der Waals surface area (Å²) in [6, 6.07) is 6.03. The first-order chi connectivity index (χ1) is 9.69. The van der Waals surface area contributed by atoms with Gasteiger partial charge < -0.3 is 15.0 Å². The molecule has 0 aromatic heterocycles. The largest absolute Gasteiger partial charge is 0.496 e. The predicted molar refractivity (Wildman–Crippen MR) is 81.1 cm³/mol. The van der Waals surface area contributed by atoms with E-state index in [1.807, 2.05) is 23.1 Å². The molecule has 2 aliphatic heterocycles. The normalized spacial score (nSPS) is 25.4. The molecule has 1 N–H and O–H groups in total. The Kier molecular flexibility index (Phi) is 3.98. The number of rotatable bonds is 2. The van der Waals surface area contributed by atoms with Crippen LogP contribution in [0.3, 0.4) is 0 Å². The SMILES string of the molecule is COc1cc(Br)ccc1C(=O)N1CC2CCCNC2C1. The van der Waals surface area contributed by atoms with Crippen LogP contribution in [0.1, 0.15) is 23.2 Å². The van der Waals surface area contributed by atoms with E-state index in [0.29, 0.717) is 23.3 Å². The lowest BCUT2D eigenvalue weighted by molar-refractivity contribution is 0.0782. The average molecular weight is 339 g/mol. The lowest BCUT2D eigenvalue weighted by atomic mass is 9.94. The Labute approximate surface area is 127 Å². The van der Waals surface area contributed by atoms with Gasteiger partial charge in [0.15, 0.2) is 0 Å². The van der Waals surface area contributed by atoms with E-state index in [9.17, 15) is 4.79 Å². The van der Waals surface area contributed by atoms with Crippen molar-refractivity contribution in [2.75, 3.05) is 26.7 Å². The lowest BCUT2D eigenvalue weighted by Gasteiger charge is -2.24. The van der Waals surface area contributed by atoms with E-state index in [1.54, 1.807) is 7.11 Å². The van der Waals surface area contributed by atoms with Crippen molar-refractivity contribution in [3.05, 3.63) is 28.2 Å². The van der Waals surface area contributed by atoms with Crippen molar-refractivity contribution in [1.82, 2.24) is 10.2 Å². The molecule has 1 aromatic rings. The van der Waals surface area contributed by atoms with Crippen molar-refractivity contribution in [3.63, 3.8) is 0 Å². The van der Waals surface area contributed by atoms with Crippen LogP contribution in [-0.4, -0.2) is 43.6 Å². The van der Waals surface area contributed by atoms with Gasteiger partial charge in [-0.3, -0.25) is 4.79 Å². The molecule has 2 heterocycles. The average Bonchev–Trinajstić information content (AvgIpc) is 2.90. The molecule has 4 nitrogen and oxygen atoms in total. The van der Waals surface area contributed by atoms with Crippen LogP contribution in [0.15, 0.2) is 22.7 Å². The topological polar surface area (TPSA) is 41.6 Å². The van der Waals surface area contributed by atoms with Crippen molar-refractivity contribution in [2.24, 2.45) is 5.92 Å². The predicted octanol–water partition coefficient (Wildman–Crippen LogP) is 2.28. The highest BCUT2D eigenvalue weighted by molar-refractivity contribution is 9.10. The van der Waals surface area contributed by atoms with Crippen LogP contribution in [0.2, 0.25) is 0 Å². The van der Waals surface area contributed by atoms with Gasteiger partial charge in [0.25, 0.3) is 5.91 Å². The van der Waals surface area contributed by atoms with Gasteiger partial charge in [0.1, 0.15) is 5.75 Å². The molecule has 2 saturated heterocycles. The smallest absolute Gasteiger partial charge is 0.257 e. The zero-order chi connectivity index (χ0) is 14.1. The maximum Gasteiger partial charge on any atom is 0.257 e. The second-order valence-electron chi connectivity index (χ2n) is 5.52. The van der Waals surface area contributed by atoms with E-state index in [0.717, 1.165) is 24.1 Å². The lowest BCUT2D eigenvalue weighted by Crippen LogP contribution is -2.41. The molecule has 2 atom stereocenters. The number of halogens is 1. The van der Waals surface area contributed by atoms with Crippen LogP contribution in [0.4, 0.5) is 0 Å². The number of carbonyl (C=O) groups excluding carboxylic acids is 1. The summed E-state index contributed by atoms with van der Waals surface area (Å²) >= 11 is 3.40. The highest BCUT2D eigenvalue weighted by atomic mass is 79.9. The number of piperidine rings is 1. The standard InChI is InChI=1S/C15H19BrN2O2/c1-20-14-7-11(16)4-5-12(14)15(19)18-8-10-3-2-6-17-13(10)9-18/h4-5,7,10,13,17H,2-3,6,8-9H2,1H3. The number of methoxy groups -OCH3 is 1. The first-order valence-electron chi connectivity index (χ1n) is 7.05. The van der Waals surface area contributed by atoms with Crippen molar-refractivity contribution in [1.29, 1.82) is 0 Å². The first kappa shape index (κ1) is 13.9. The van der Waals surface area contributed by atoms with Gasteiger partial charge in [0.05, 0.1) is 12.7 Å². The third kappa shape index (κ3) is 2.56. The van der Waals surface area contributed by atoms with Crippen LogP contribution >= 0.6 is 15.9 Å². The molecule has 0 saturated carbocycles. The molecule has 20 heavy (non-hydrogen) atoms. The van der Waals surface area contributed by atoms with E-state index in [1.165, 1.54) is 12.8 Å². The van der Waals surface area contributed by atoms with Gasteiger partial charge in [-0.25, -0.2) is 0 Å². The minimum atomic E-state index is 0.0746. The Morgan fingerprint density at radius 3 is 3.05 bits per heavy atom. The van der Waals surface area contributed by atoms with E-state index in [-0.39, 0.29) is 5.91 Å². The molecule has 2 unspecified atom stereocenters. The Bertz CT molecular complexity index is 507. The van der Waals surface area contributed by atoms with Gasteiger partial charge in [0.2, 0.25) is 0 Å². The molecule has 1 amide bonds. The molecule has 1 aromatic carbocycles. The fourth-order valence-corrected chi connectivity index (χ4v) is 3.56. The summed E-state index contributed by atoms with van der Waals surface area (Å²) in [5, 5.41) is 3.52. The Balaban J connectivity index is 1.79. The van der Waals surface area contributed by atoms with Crippen molar-refractivity contribution < 1.29 is 9.53 Å². The van der Waals surface area contributed by atoms with Gasteiger partial charge in [-0.05, 0) is 43.5 Å². The first-order valence-corrected chi connectivity index (χ1v) is 7.84. The molecular weight excluding hydrogens is 320 g/mol. The summed E-state index contributed by atoms with van der Waals surface area (Å²) in [6.07, 6.45) is 2.43. The number of hydrogen-bond donors (Lipinski definition) is 1. The van der Waals surface area contributed by atoms with E-state index < -0.39 is 0 Å². The van der Waals surface area contributed by atoms with Crippen LogP contribution in [0, 0.1) is 5.92 Å². The number of fused-ring (bicyclic) bond motifs is 1. The number of carbonyl (C=O) groups is 1. The Morgan fingerprint density at radius 1 is 1.45 bits per heavy atom. The minimum Gasteiger partial charge on any atom is -0.496 e. The zero-order valence-electron chi connectivity index (χ0n) is 11.6. The maximum atomic E-state index is 12.7. The highest BCUT2D eigenvalue weighted by Gasteiger charge is 2.37. The van der Waals surface area contributed by atoms with Crippen molar-refractivity contribution in [3.8, 4) is 5.75 Å². The number of likely N-dealkylation sites (tertiary alicyclic amines) is 1. The second kappa shape index (κ2) is 5.74. The minimum absolute atomic E-state index is 0.0746. The van der Waals surface area contributed by atoms with Crippen LogP contribution in [0.25, 0.3) is 0 Å². The summed E-state index contributed by atoms with van der Waals surface area (Å²) in [6.45, 7) is 2.74. The molecule has 3 rings (SSSR count). The summed E-state index contributed by atoms with van der Waals surface area (Å²) in [5.41, 5.74) is 0.648. The molecule has 0 radical (unpaired) electrons. The van der Waals surface area contributed by atoms with Crippen LogP contribution in [0.5, 0.6) is 5.75 Å². The summed E-state index contributed by atoms with van der Waals surface area (Å²) in [7, 11) is 1.60. The summed E-state index contributed by atoms with van der Waals surface area (Å²) in [5.74, 6) is 1.31.